The molecule has 0 atom stereocenters. The fraction of sp³-hybridized carbons (Fsp3) is 0.0769. The van der Waals surface area contributed by atoms with E-state index in [2.05, 4.69) is 13.2 Å². The normalized spacial score (nSPS) is 11.1. The van der Waals surface area contributed by atoms with Gasteiger partial charge in [-0.15, -0.1) is 0 Å². The fourth-order valence-corrected chi connectivity index (χ4v) is 1.47. The van der Waals surface area contributed by atoms with Crippen molar-refractivity contribution in [3.05, 3.63) is 70.6 Å². The van der Waals surface area contributed by atoms with Gasteiger partial charge >= 0.3 is 0 Å². The lowest BCUT2D eigenvalue weighted by molar-refractivity contribution is 0.206. The van der Waals surface area contributed by atoms with Crippen LogP contribution in [-0.2, 0) is 11.3 Å². The van der Waals surface area contributed by atoms with E-state index < -0.39 is 0 Å². The van der Waals surface area contributed by atoms with Crippen LogP contribution in [0.1, 0.15) is 5.56 Å². The highest BCUT2D eigenvalue weighted by molar-refractivity contribution is 6.42. The van der Waals surface area contributed by atoms with Crippen molar-refractivity contribution >= 4 is 23.2 Å². The molecule has 90 valence electrons. The number of halogens is 2. The molecule has 1 rings (SSSR count). The number of rotatable bonds is 5. The number of allylic oxidation sites excluding steroid dienone is 2. The number of benzene rings is 1. The molecule has 17 heavy (non-hydrogen) atoms. The van der Waals surface area contributed by atoms with Crippen molar-refractivity contribution in [2.45, 2.75) is 6.61 Å². The maximum absolute atomic E-state index is 5.89. The quantitative estimate of drug-likeness (QED) is 0.647. The molecule has 0 aromatic heterocycles. The summed E-state index contributed by atoms with van der Waals surface area (Å²) in [6.07, 6.45) is 3.24. The molecule has 0 amide bonds. The lowest BCUT2D eigenvalue weighted by atomic mass is 10.2. The molecule has 0 aliphatic rings. The second-order valence-electron chi connectivity index (χ2n) is 3.33. The van der Waals surface area contributed by atoms with E-state index in [1.807, 2.05) is 6.07 Å². The van der Waals surface area contributed by atoms with Crippen LogP contribution in [0, 0.1) is 0 Å². The van der Waals surface area contributed by atoms with E-state index >= 15 is 0 Å². The predicted molar refractivity (Wildman–Crippen MR) is 72.9 cm³/mol. The van der Waals surface area contributed by atoms with Gasteiger partial charge in [-0.2, -0.15) is 0 Å². The highest BCUT2D eigenvalue weighted by Crippen LogP contribution is 2.23. The molecule has 4 heteroatoms. The van der Waals surface area contributed by atoms with Gasteiger partial charge in [-0.25, -0.2) is 0 Å². The van der Waals surface area contributed by atoms with Crippen molar-refractivity contribution in [3.63, 3.8) is 0 Å². The number of nitrogens with two attached hydrogens (primary N) is 1. The maximum Gasteiger partial charge on any atom is 0.142 e. The predicted octanol–water partition coefficient (Wildman–Crippen LogP) is 4.05. The van der Waals surface area contributed by atoms with Gasteiger partial charge in [0.05, 0.1) is 15.7 Å². The van der Waals surface area contributed by atoms with Gasteiger partial charge in [-0.3, -0.25) is 0 Å². The van der Waals surface area contributed by atoms with Crippen LogP contribution < -0.4 is 5.73 Å². The summed E-state index contributed by atoms with van der Waals surface area (Å²) in [4.78, 5) is 0. The zero-order chi connectivity index (χ0) is 12.8. The Morgan fingerprint density at radius 1 is 1.35 bits per heavy atom. The van der Waals surface area contributed by atoms with E-state index in [0.717, 1.165) is 5.56 Å². The van der Waals surface area contributed by atoms with E-state index in [9.17, 15) is 0 Å². The summed E-state index contributed by atoms with van der Waals surface area (Å²) in [5.41, 5.74) is 6.81. The zero-order valence-corrected chi connectivity index (χ0v) is 10.8. The molecule has 0 heterocycles. The van der Waals surface area contributed by atoms with Crippen LogP contribution in [0.3, 0.4) is 0 Å². The van der Waals surface area contributed by atoms with E-state index in [4.69, 9.17) is 33.7 Å². The van der Waals surface area contributed by atoms with Crippen molar-refractivity contribution in [2.24, 2.45) is 5.73 Å². The highest BCUT2D eigenvalue weighted by Gasteiger charge is 2.03. The molecular weight excluding hydrogens is 257 g/mol. The minimum absolute atomic E-state index is 0.340. The molecule has 0 bridgehead atoms. The Kier molecular flexibility index (Phi) is 5.13. The first-order valence-electron chi connectivity index (χ1n) is 4.88. The van der Waals surface area contributed by atoms with Gasteiger partial charge in [0.15, 0.2) is 0 Å². The lowest BCUT2D eigenvalue weighted by Crippen LogP contribution is -2.03. The largest absolute Gasteiger partial charge is 0.487 e. The van der Waals surface area contributed by atoms with Crippen LogP contribution in [0.2, 0.25) is 10.0 Å². The van der Waals surface area contributed by atoms with Crippen LogP contribution in [0.25, 0.3) is 0 Å². The monoisotopic (exact) mass is 269 g/mol. The molecule has 0 saturated carbocycles. The second kappa shape index (κ2) is 6.38. The van der Waals surface area contributed by atoms with Crippen LogP contribution in [0.4, 0.5) is 0 Å². The first-order valence-corrected chi connectivity index (χ1v) is 5.64. The second-order valence-corrected chi connectivity index (χ2v) is 4.14. The number of hydrogen-bond donors (Lipinski definition) is 1. The molecule has 1 aromatic carbocycles. The summed E-state index contributed by atoms with van der Waals surface area (Å²) in [5, 5.41) is 1.01. The third-order valence-electron chi connectivity index (χ3n) is 1.96. The Morgan fingerprint density at radius 3 is 2.59 bits per heavy atom. The van der Waals surface area contributed by atoms with Crippen molar-refractivity contribution in [2.75, 3.05) is 0 Å². The minimum atomic E-state index is 0.340. The Bertz CT molecular complexity index is 466. The zero-order valence-electron chi connectivity index (χ0n) is 9.25. The molecule has 2 nitrogen and oxygen atoms in total. The van der Waals surface area contributed by atoms with Crippen molar-refractivity contribution in [1.29, 1.82) is 0 Å². The molecule has 2 N–H and O–H groups in total. The summed E-state index contributed by atoms with van der Waals surface area (Å²) in [6, 6.07) is 5.30. The first-order chi connectivity index (χ1) is 8.04. The van der Waals surface area contributed by atoms with E-state index in [-0.39, 0.29) is 0 Å². The van der Waals surface area contributed by atoms with Crippen LogP contribution in [0.5, 0.6) is 0 Å². The summed E-state index contributed by atoms with van der Waals surface area (Å²) in [6.45, 7) is 7.52. The van der Waals surface area contributed by atoms with Gasteiger partial charge in [-0.1, -0.05) is 48.5 Å². The smallest absolute Gasteiger partial charge is 0.142 e. The molecule has 0 aliphatic heterocycles. The Labute approximate surface area is 111 Å². The molecule has 0 fully saturated rings. The SMILES string of the molecule is C=C/C=C(/OCc1ccc(Cl)c(Cl)c1)C(=C)N. The summed E-state index contributed by atoms with van der Waals surface area (Å²) in [7, 11) is 0. The standard InChI is InChI=1S/C13H13Cl2NO/c1-3-4-13(9(2)16)17-8-10-5-6-11(14)12(15)7-10/h3-7H,1-2,8,16H2/b13-4+. The minimum Gasteiger partial charge on any atom is -0.487 e. The molecular formula is C13H13Cl2NO. The van der Waals surface area contributed by atoms with Crippen LogP contribution >= 0.6 is 23.2 Å². The Balaban J connectivity index is 2.72. The average Bonchev–Trinajstić information content (AvgIpc) is 2.28. The molecule has 0 spiro atoms. The van der Waals surface area contributed by atoms with Gasteiger partial charge < -0.3 is 10.5 Å². The average molecular weight is 270 g/mol. The van der Waals surface area contributed by atoms with Gasteiger partial charge in [0.25, 0.3) is 0 Å². The van der Waals surface area contributed by atoms with Crippen molar-refractivity contribution < 1.29 is 4.74 Å². The van der Waals surface area contributed by atoms with Gasteiger partial charge in [0.2, 0.25) is 0 Å². The highest BCUT2D eigenvalue weighted by atomic mass is 35.5. The van der Waals surface area contributed by atoms with E-state index in [0.29, 0.717) is 28.1 Å². The van der Waals surface area contributed by atoms with Crippen LogP contribution in [-0.4, -0.2) is 0 Å². The van der Waals surface area contributed by atoms with Gasteiger partial charge in [-0.05, 0) is 23.8 Å². The third kappa shape index (κ3) is 4.17. The maximum atomic E-state index is 5.89. The van der Waals surface area contributed by atoms with Crippen molar-refractivity contribution in [1.82, 2.24) is 0 Å². The molecule has 0 unspecified atom stereocenters. The van der Waals surface area contributed by atoms with Crippen molar-refractivity contribution in [3.8, 4) is 0 Å². The molecule has 0 radical (unpaired) electrons. The number of hydrogen-bond acceptors (Lipinski definition) is 2. The number of ether oxygens (including phenoxy) is 1. The Morgan fingerprint density at radius 2 is 2.06 bits per heavy atom. The Hall–Kier alpha value is -1.38. The van der Waals surface area contributed by atoms with Gasteiger partial charge in [0.1, 0.15) is 12.4 Å². The lowest BCUT2D eigenvalue weighted by Gasteiger charge is -2.10. The summed E-state index contributed by atoms with van der Waals surface area (Å²) in [5.74, 6) is 0.492. The summed E-state index contributed by atoms with van der Waals surface area (Å²) < 4.78 is 5.49. The van der Waals surface area contributed by atoms with E-state index in [1.165, 1.54) is 0 Å². The molecule has 0 aliphatic carbocycles. The molecule has 0 saturated heterocycles. The first kappa shape index (κ1) is 13.7. The fourth-order valence-electron chi connectivity index (χ4n) is 1.15. The van der Waals surface area contributed by atoms with E-state index in [1.54, 1.807) is 24.3 Å². The topological polar surface area (TPSA) is 35.2 Å². The third-order valence-corrected chi connectivity index (χ3v) is 2.70. The van der Waals surface area contributed by atoms with Gasteiger partial charge in [0, 0.05) is 0 Å². The van der Waals surface area contributed by atoms with Crippen LogP contribution in [0.15, 0.2) is 55.0 Å². The molecule has 1 aromatic rings. The summed E-state index contributed by atoms with van der Waals surface area (Å²) >= 11 is 11.7.